The highest BCUT2D eigenvalue weighted by molar-refractivity contribution is 7.19. The molecule has 1 unspecified atom stereocenters. The van der Waals surface area contributed by atoms with Crippen LogP contribution < -0.4 is 0 Å². The lowest BCUT2D eigenvalue weighted by atomic mass is 9.97. The molecule has 0 aliphatic carbocycles. The summed E-state index contributed by atoms with van der Waals surface area (Å²) in [5.74, 6) is 0. The molecule has 0 saturated heterocycles. The number of methoxy groups -OCH3 is 1. The van der Waals surface area contributed by atoms with Crippen LogP contribution in [0.2, 0.25) is 0 Å². The molecule has 4 aromatic rings. The first-order valence-corrected chi connectivity index (χ1v) is 8.84. The van der Waals surface area contributed by atoms with Crippen LogP contribution in [0.1, 0.15) is 16.5 Å². The predicted octanol–water partition coefficient (Wildman–Crippen LogP) is 6.30. The normalized spacial score (nSPS) is 12.4. The fraction of sp³-hybridized carbons (Fsp3) is 0.0909. The van der Waals surface area contributed by atoms with Crippen LogP contribution in [0.5, 0.6) is 0 Å². The lowest BCUT2D eigenvalue weighted by molar-refractivity contribution is 0.140. The molecular weight excluding hydrogens is 312 g/mol. The summed E-state index contributed by atoms with van der Waals surface area (Å²) in [6.07, 6.45) is -0.0567. The van der Waals surface area contributed by atoms with Gasteiger partial charge in [-0.1, -0.05) is 78.9 Å². The van der Waals surface area contributed by atoms with Gasteiger partial charge < -0.3 is 4.74 Å². The maximum Gasteiger partial charge on any atom is 0.117 e. The number of hydrogen-bond donors (Lipinski definition) is 0. The minimum Gasteiger partial charge on any atom is -0.371 e. The maximum absolute atomic E-state index is 5.92. The minimum absolute atomic E-state index is 0.0567. The summed E-state index contributed by atoms with van der Waals surface area (Å²) < 4.78 is 7.22. The molecule has 0 aliphatic rings. The molecule has 0 saturated carbocycles. The van der Waals surface area contributed by atoms with Gasteiger partial charge in [0.25, 0.3) is 0 Å². The van der Waals surface area contributed by atoms with E-state index in [-0.39, 0.29) is 6.10 Å². The molecule has 118 valence electrons. The lowest BCUT2D eigenvalue weighted by Gasteiger charge is -2.17. The smallest absolute Gasteiger partial charge is 0.117 e. The van der Waals surface area contributed by atoms with Crippen molar-refractivity contribution in [1.82, 2.24) is 0 Å². The highest BCUT2D eigenvalue weighted by Gasteiger charge is 2.22. The Kier molecular flexibility index (Phi) is 4.16. The van der Waals surface area contributed by atoms with Gasteiger partial charge in [0.2, 0.25) is 0 Å². The van der Waals surface area contributed by atoms with Crippen molar-refractivity contribution in [3.05, 3.63) is 95.4 Å². The first-order chi connectivity index (χ1) is 11.9. The molecule has 3 aromatic carbocycles. The minimum atomic E-state index is -0.0567. The molecule has 24 heavy (non-hydrogen) atoms. The zero-order valence-electron chi connectivity index (χ0n) is 13.5. The monoisotopic (exact) mass is 330 g/mol. The molecule has 0 amide bonds. The zero-order chi connectivity index (χ0) is 16.4. The highest BCUT2D eigenvalue weighted by Crippen LogP contribution is 2.44. The van der Waals surface area contributed by atoms with Crippen molar-refractivity contribution in [1.29, 1.82) is 0 Å². The van der Waals surface area contributed by atoms with Gasteiger partial charge in [-0.25, -0.2) is 0 Å². The van der Waals surface area contributed by atoms with E-state index >= 15 is 0 Å². The molecule has 0 fully saturated rings. The Hall–Kier alpha value is -2.42. The van der Waals surface area contributed by atoms with E-state index in [0.717, 1.165) is 0 Å². The number of fused-ring (bicyclic) bond motifs is 1. The van der Waals surface area contributed by atoms with E-state index in [1.54, 1.807) is 7.11 Å². The Morgan fingerprint density at radius 1 is 0.750 bits per heavy atom. The molecule has 0 aliphatic heterocycles. The summed E-state index contributed by atoms with van der Waals surface area (Å²) in [6.45, 7) is 0. The Balaban J connectivity index is 1.98. The fourth-order valence-electron chi connectivity index (χ4n) is 3.17. The van der Waals surface area contributed by atoms with Crippen LogP contribution in [0, 0.1) is 0 Å². The standard InChI is InChI=1S/C22H18OS/c1-23-21(17-12-6-3-7-13-17)22-20(16-10-4-2-5-11-16)18-14-8-9-15-19(18)24-22/h2-15,21H,1H3. The summed E-state index contributed by atoms with van der Waals surface area (Å²) in [5.41, 5.74) is 3.71. The number of benzene rings is 3. The van der Waals surface area contributed by atoms with Gasteiger partial charge in [0.15, 0.2) is 0 Å². The van der Waals surface area contributed by atoms with Crippen molar-refractivity contribution < 1.29 is 4.74 Å². The van der Waals surface area contributed by atoms with Crippen molar-refractivity contribution in [2.24, 2.45) is 0 Å². The summed E-state index contributed by atoms with van der Waals surface area (Å²) in [7, 11) is 1.79. The lowest BCUT2D eigenvalue weighted by Crippen LogP contribution is -2.02. The second-order valence-electron chi connectivity index (χ2n) is 5.73. The molecular formula is C22H18OS. The number of hydrogen-bond acceptors (Lipinski definition) is 2. The second kappa shape index (κ2) is 6.60. The molecule has 0 spiro atoms. The second-order valence-corrected chi connectivity index (χ2v) is 6.81. The molecule has 1 atom stereocenters. The van der Waals surface area contributed by atoms with E-state index in [0.29, 0.717) is 0 Å². The van der Waals surface area contributed by atoms with Crippen molar-refractivity contribution in [3.63, 3.8) is 0 Å². The molecule has 2 heteroatoms. The topological polar surface area (TPSA) is 9.23 Å². The van der Waals surface area contributed by atoms with Crippen LogP contribution in [-0.2, 0) is 4.74 Å². The SMILES string of the molecule is COC(c1ccccc1)c1sc2ccccc2c1-c1ccccc1. The maximum atomic E-state index is 5.92. The molecule has 0 bridgehead atoms. The molecule has 1 aromatic heterocycles. The Morgan fingerprint density at radius 2 is 1.38 bits per heavy atom. The fourth-order valence-corrected chi connectivity index (χ4v) is 4.51. The number of rotatable bonds is 4. The van der Waals surface area contributed by atoms with E-state index in [2.05, 4.69) is 78.9 Å². The van der Waals surface area contributed by atoms with Crippen LogP contribution in [0.25, 0.3) is 21.2 Å². The van der Waals surface area contributed by atoms with Gasteiger partial charge in [0, 0.05) is 27.6 Å². The number of thiophene rings is 1. The summed E-state index contributed by atoms with van der Waals surface area (Å²) >= 11 is 1.82. The van der Waals surface area contributed by atoms with Crippen LogP contribution in [0.3, 0.4) is 0 Å². The summed E-state index contributed by atoms with van der Waals surface area (Å²) in [5, 5.41) is 1.29. The largest absolute Gasteiger partial charge is 0.371 e. The van der Waals surface area contributed by atoms with E-state index in [4.69, 9.17) is 4.74 Å². The van der Waals surface area contributed by atoms with Gasteiger partial charge in [0.1, 0.15) is 6.10 Å². The van der Waals surface area contributed by atoms with Crippen molar-refractivity contribution >= 4 is 21.4 Å². The Morgan fingerprint density at radius 3 is 2.08 bits per heavy atom. The van der Waals surface area contributed by atoms with Crippen molar-refractivity contribution in [2.45, 2.75) is 6.10 Å². The average Bonchev–Trinajstić information content (AvgIpc) is 3.03. The van der Waals surface area contributed by atoms with Gasteiger partial charge in [-0.3, -0.25) is 0 Å². The van der Waals surface area contributed by atoms with Gasteiger partial charge in [-0.15, -0.1) is 11.3 Å². The molecule has 0 N–H and O–H groups in total. The van der Waals surface area contributed by atoms with Crippen LogP contribution >= 0.6 is 11.3 Å². The van der Waals surface area contributed by atoms with Gasteiger partial charge in [-0.05, 0) is 17.2 Å². The molecule has 4 rings (SSSR count). The van der Waals surface area contributed by atoms with E-state index in [9.17, 15) is 0 Å². The predicted molar refractivity (Wildman–Crippen MR) is 103 cm³/mol. The quantitative estimate of drug-likeness (QED) is 0.426. The molecule has 1 heterocycles. The van der Waals surface area contributed by atoms with Crippen LogP contribution in [0.15, 0.2) is 84.9 Å². The Labute approximate surface area is 146 Å². The molecule has 1 nitrogen and oxygen atoms in total. The third-order valence-corrected chi connectivity index (χ3v) is 5.48. The summed E-state index contributed by atoms with van der Waals surface area (Å²) in [4.78, 5) is 1.26. The van der Waals surface area contributed by atoms with Crippen molar-refractivity contribution in [3.8, 4) is 11.1 Å². The zero-order valence-corrected chi connectivity index (χ0v) is 14.3. The van der Waals surface area contributed by atoms with E-state index in [1.807, 2.05) is 17.4 Å². The van der Waals surface area contributed by atoms with E-state index in [1.165, 1.54) is 31.7 Å². The molecule has 0 radical (unpaired) electrons. The van der Waals surface area contributed by atoms with E-state index < -0.39 is 0 Å². The summed E-state index contributed by atoms with van der Waals surface area (Å²) in [6, 6.07) is 29.6. The van der Waals surface area contributed by atoms with Gasteiger partial charge in [0.05, 0.1) is 0 Å². The van der Waals surface area contributed by atoms with Crippen LogP contribution in [-0.4, -0.2) is 7.11 Å². The third-order valence-electron chi connectivity index (χ3n) is 4.26. The first kappa shape index (κ1) is 15.1. The highest BCUT2D eigenvalue weighted by atomic mass is 32.1. The first-order valence-electron chi connectivity index (χ1n) is 8.03. The van der Waals surface area contributed by atoms with Crippen molar-refractivity contribution in [2.75, 3.05) is 7.11 Å². The van der Waals surface area contributed by atoms with Gasteiger partial charge >= 0.3 is 0 Å². The Bertz CT molecular complexity index is 942. The third kappa shape index (κ3) is 2.64. The van der Waals surface area contributed by atoms with Crippen LogP contribution in [0.4, 0.5) is 0 Å². The van der Waals surface area contributed by atoms with Gasteiger partial charge in [-0.2, -0.15) is 0 Å². The average molecular weight is 330 g/mol. The number of ether oxygens (including phenoxy) is 1.